The first kappa shape index (κ1) is 19.3. The van der Waals surface area contributed by atoms with Crippen molar-refractivity contribution in [2.24, 2.45) is 0 Å². The van der Waals surface area contributed by atoms with Crippen molar-refractivity contribution in [3.05, 3.63) is 96.1 Å². The summed E-state index contributed by atoms with van der Waals surface area (Å²) in [6.45, 7) is 1.10. The van der Waals surface area contributed by atoms with E-state index in [9.17, 15) is 0 Å². The minimum atomic E-state index is 0.320. The molecule has 0 fully saturated rings. The molecule has 3 aromatic heterocycles. The van der Waals surface area contributed by atoms with E-state index in [1.165, 1.54) is 35.5 Å². The van der Waals surface area contributed by atoms with Crippen LogP contribution in [0.5, 0.6) is 0 Å². The van der Waals surface area contributed by atoms with Gasteiger partial charge in [-0.1, -0.05) is 42.5 Å². The first-order chi connectivity index (χ1) is 17.3. The molecule has 4 heteroatoms. The Bertz CT molecular complexity index is 1820. The molecule has 170 valence electrons. The molecular formula is C31H24N2O2. The lowest BCUT2D eigenvalue weighted by Crippen LogP contribution is -2.08. The van der Waals surface area contributed by atoms with Gasteiger partial charge in [-0.05, 0) is 60.7 Å². The van der Waals surface area contributed by atoms with E-state index >= 15 is 0 Å². The third-order valence-electron chi connectivity index (χ3n) is 7.68. The summed E-state index contributed by atoms with van der Waals surface area (Å²) in [5.74, 6) is 1.57. The number of rotatable bonds is 2. The smallest absolute Gasteiger partial charge is 0.136 e. The van der Waals surface area contributed by atoms with Crippen molar-refractivity contribution in [3.63, 3.8) is 0 Å². The van der Waals surface area contributed by atoms with Gasteiger partial charge in [0.1, 0.15) is 28.2 Å². The molecular weight excluding hydrogens is 432 g/mol. The summed E-state index contributed by atoms with van der Waals surface area (Å²) >= 11 is 0. The Morgan fingerprint density at radius 1 is 0.800 bits per heavy atom. The molecule has 0 amide bonds. The molecule has 4 nitrogen and oxygen atoms in total. The minimum Gasteiger partial charge on any atom is -0.456 e. The summed E-state index contributed by atoms with van der Waals surface area (Å²) in [6.07, 6.45) is 13.8. The number of allylic oxidation sites excluding steroid dienone is 4. The van der Waals surface area contributed by atoms with Crippen LogP contribution in [0.15, 0.2) is 87.9 Å². The van der Waals surface area contributed by atoms with Crippen LogP contribution in [0.4, 0.5) is 0 Å². The number of benzene rings is 3. The van der Waals surface area contributed by atoms with Gasteiger partial charge in [-0.15, -0.1) is 0 Å². The van der Waals surface area contributed by atoms with Crippen LogP contribution in [0.2, 0.25) is 0 Å². The summed E-state index contributed by atoms with van der Waals surface area (Å²) in [5.41, 5.74) is 7.25. The lowest BCUT2D eigenvalue weighted by Gasteiger charge is -2.15. The predicted molar refractivity (Wildman–Crippen MR) is 141 cm³/mol. The number of para-hydroxylation sites is 1. The second-order valence-corrected chi connectivity index (χ2v) is 9.85. The lowest BCUT2D eigenvalue weighted by molar-refractivity contribution is 0.522. The third-order valence-corrected chi connectivity index (χ3v) is 7.68. The molecule has 3 aromatic carbocycles. The number of fused-ring (bicyclic) bond motifs is 7. The highest BCUT2D eigenvalue weighted by molar-refractivity contribution is 6.15. The van der Waals surface area contributed by atoms with Crippen molar-refractivity contribution in [1.29, 1.82) is 0 Å². The number of hydrogen-bond donors (Lipinski definition) is 0. The second-order valence-electron chi connectivity index (χ2n) is 9.85. The Balaban J connectivity index is 1.23. The highest BCUT2D eigenvalue weighted by atomic mass is 16.3. The summed E-state index contributed by atoms with van der Waals surface area (Å²) in [5, 5.41) is 4.42. The quantitative estimate of drug-likeness (QED) is 0.264. The fourth-order valence-electron chi connectivity index (χ4n) is 5.87. The van der Waals surface area contributed by atoms with Gasteiger partial charge in [-0.2, -0.15) is 0 Å². The maximum Gasteiger partial charge on any atom is 0.136 e. The minimum absolute atomic E-state index is 0.320. The van der Waals surface area contributed by atoms with Gasteiger partial charge >= 0.3 is 0 Å². The van der Waals surface area contributed by atoms with Gasteiger partial charge in [-0.3, -0.25) is 0 Å². The van der Waals surface area contributed by atoms with Gasteiger partial charge < -0.3 is 13.4 Å². The number of aryl methyl sites for hydroxylation is 2. The van der Waals surface area contributed by atoms with E-state index in [1.54, 1.807) is 0 Å². The molecule has 0 radical (unpaired) electrons. The summed E-state index contributed by atoms with van der Waals surface area (Å²) < 4.78 is 14.8. The van der Waals surface area contributed by atoms with Crippen molar-refractivity contribution >= 4 is 49.5 Å². The van der Waals surface area contributed by atoms with Crippen molar-refractivity contribution in [2.75, 3.05) is 0 Å². The fraction of sp³-hybridized carbons (Fsp3) is 0.194. The summed E-state index contributed by atoms with van der Waals surface area (Å²) in [4.78, 5) is 4.99. The molecule has 0 saturated heterocycles. The standard InChI is InChI=1S/C31H24N2O2/c1-2-9-27-22(8-1)24-16-30-25(17-29(24)34-27)23-15-20(11-12-28(23)35-30)19-6-5-7-21(14-19)26-18-33-13-4-3-10-31(33)32-26/h1-2,5-6,8-9,11-12,14-18,21H,3-4,7,10,13H2. The van der Waals surface area contributed by atoms with Crippen molar-refractivity contribution in [2.45, 2.75) is 38.1 Å². The molecule has 1 atom stereocenters. The zero-order chi connectivity index (χ0) is 22.9. The monoisotopic (exact) mass is 456 g/mol. The highest BCUT2D eigenvalue weighted by Gasteiger charge is 2.20. The summed E-state index contributed by atoms with van der Waals surface area (Å²) in [7, 11) is 0. The van der Waals surface area contributed by atoms with Crippen LogP contribution in [-0.4, -0.2) is 9.55 Å². The van der Waals surface area contributed by atoms with Crippen molar-refractivity contribution in [3.8, 4) is 0 Å². The Kier molecular flexibility index (Phi) is 3.98. The van der Waals surface area contributed by atoms with Crippen LogP contribution in [0.1, 0.15) is 42.3 Å². The second kappa shape index (κ2) is 7.22. The zero-order valence-electron chi connectivity index (χ0n) is 19.3. The SMILES string of the molecule is C1=CC(c2ccc3oc4cc5c(cc4c3c2)oc2ccccc25)=CC(c2cn3c(n2)CCCC3)C1. The molecule has 0 N–H and O–H groups in total. The molecule has 35 heavy (non-hydrogen) atoms. The van der Waals surface area contributed by atoms with Gasteiger partial charge in [0.2, 0.25) is 0 Å². The number of aromatic nitrogens is 2. The predicted octanol–water partition coefficient (Wildman–Crippen LogP) is 8.15. The van der Waals surface area contributed by atoms with Crippen molar-refractivity contribution < 1.29 is 8.83 Å². The molecule has 0 bridgehead atoms. The molecule has 4 heterocycles. The Labute approximate surface area is 202 Å². The van der Waals surface area contributed by atoms with Crippen LogP contribution in [-0.2, 0) is 13.0 Å². The Morgan fingerprint density at radius 2 is 1.60 bits per heavy atom. The largest absolute Gasteiger partial charge is 0.456 e. The van der Waals surface area contributed by atoms with Gasteiger partial charge in [-0.25, -0.2) is 4.98 Å². The van der Waals surface area contributed by atoms with Gasteiger partial charge in [0.15, 0.2) is 0 Å². The number of furan rings is 2. The van der Waals surface area contributed by atoms with Crippen LogP contribution >= 0.6 is 0 Å². The number of imidazole rings is 1. The molecule has 0 spiro atoms. The van der Waals surface area contributed by atoms with Crippen LogP contribution in [0, 0.1) is 0 Å². The zero-order valence-corrected chi connectivity index (χ0v) is 19.3. The normalized spacial score (nSPS) is 18.1. The molecule has 1 unspecified atom stereocenters. The highest BCUT2D eigenvalue weighted by Crippen LogP contribution is 2.38. The first-order valence-corrected chi connectivity index (χ1v) is 12.5. The van der Waals surface area contributed by atoms with E-state index in [0.29, 0.717) is 5.92 Å². The van der Waals surface area contributed by atoms with Gasteiger partial charge in [0, 0.05) is 46.6 Å². The number of hydrogen-bond acceptors (Lipinski definition) is 3. The van der Waals surface area contributed by atoms with Crippen LogP contribution in [0.3, 0.4) is 0 Å². The third kappa shape index (κ3) is 2.96. The van der Waals surface area contributed by atoms with Gasteiger partial charge in [0.25, 0.3) is 0 Å². The average molecular weight is 457 g/mol. The molecule has 0 saturated carbocycles. The maximum absolute atomic E-state index is 6.27. The van der Waals surface area contributed by atoms with E-state index in [-0.39, 0.29) is 0 Å². The molecule has 1 aliphatic heterocycles. The first-order valence-electron chi connectivity index (χ1n) is 12.5. The van der Waals surface area contributed by atoms with E-state index in [4.69, 9.17) is 13.8 Å². The molecule has 2 aliphatic rings. The molecule has 8 rings (SSSR count). The van der Waals surface area contributed by atoms with Gasteiger partial charge in [0.05, 0.1) is 5.69 Å². The van der Waals surface area contributed by atoms with Crippen molar-refractivity contribution in [1.82, 2.24) is 9.55 Å². The van der Waals surface area contributed by atoms with E-state index in [2.05, 4.69) is 65.4 Å². The summed E-state index contributed by atoms with van der Waals surface area (Å²) in [6, 6.07) is 18.9. The molecule has 6 aromatic rings. The van der Waals surface area contributed by atoms with Crippen LogP contribution < -0.4 is 0 Å². The molecule has 1 aliphatic carbocycles. The fourth-order valence-corrected chi connectivity index (χ4v) is 5.87. The van der Waals surface area contributed by atoms with E-state index in [1.807, 2.05) is 18.2 Å². The number of nitrogens with zero attached hydrogens (tertiary/aromatic N) is 2. The van der Waals surface area contributed by atoms with E-state index in [0.717, 1.165) is 63.3 Å². The Hall–Kier alpha value is -4.05. The Morgan fingerprint density at radius 3 is 2.49 bits per heavy atom. The topological polar surface area (TPSA) is 44.1 Å². The maximum atomic E-state index is 6.27. The average Bonchev–Trinajstić information content (AvgIpc) is 3.60. The lowest BCUT2D eigenvalue weighted by atomic mass is 9.90. The van der Waals surface area contributed by atoms with Crippen LogP contribution in [0.25, 0.3) is 49.5 Å². The van der Waals surface area contributed by atoms with E-state index < -0.39 is 0 Å².